The maximum atomic E-state index is 12.4. The first-order valence-electron chi connectivity index (χ1n) is 6.87. The maximum Gasteiger partial charge on any atom is 0.217 e. The van der Waals surface area contributed by atoms with Crippen molar-refractivity contribution in [3.63, 3.8) is 0 Å². The number of nitrogens with zero attached hydrogens (tertiary/aromatic N) is 1. The highest BCUT2D eigenvalue weighted by atomic mass is 32.2. The Kier molecular flexibility index (Phi) is 4.44. The lowest BCUT2D eigenvalue weighted by atomic mass is 9.95. The summed E-state index contributed by atoms with van der Waals surface area (Å²) in [7, 11) is -3.02. The van der Waals surface area contributed by atoms with Gasteiger partial charge in [0, 0.05) is 12.6 Å². The lowest BCUT2D eigenvalue weighted by molar-refractivity contribution is 0.251. The largest absolute Gasteiger partial charge is 0.330 e. The molecule has 5 heteroatoms. The van der Waals surface area contributed by atoms with E-state index in [9.17, 15) is 8.42 Å². The predicted octanol–water partition coefficient (Wildman–Crippen LogP) is 1.46. The lowest BCUT2D eigenvalue weighted by Gasteiger charge is -2.33. The smallest absolute Gasteiger partial charge is 0.217 e. The Hall–Kier alpha value is -0.130. The fourth-order valence-corrected chi connectivity index (χ4v) is 4.82. The lowest BCUT2D eigenvalue weighted by Crippen LogP contribution is -2.44. The zero-order chi connectivity index (χ0) is 12.3. The van der Waals surface area contributed by atoms with Gasteiger partial charge in [-0.1, -0.05) is 19.3 Å². The van der Waals surface area contributed by atoms with Gasteiger partial charge in [0.2, 0.25) is 10.0 Å². The Balaban J connectivity index is 2.05. The van der Waals surface area contributed by atoms with E-state index in [1.165, 1.54) is 19.3 Å². The second-order valence-electron chi connectivity index (χ2n) is 5.29. The Morgan fingerprint density at radius 3 is 2.24 bits per heavy atom. The van der Waals surface area contributed by atoms with Crippen LogP contribution in [0.4, 0.5) is 0 Å². The average Bonchev–Trinajstić information content (AvgIpc) is 3.15. The van der Waals surface area contributed by atoms with Gasteiger partial charge in [-0.2, -0.15) is 4.31 Å². The van der Waals surface area contributed by atoms with Crippen molar-refractivity contribution < 1.29 is 8.42 Å². The fraction of sp³-hybridized carbons (Fsp3) is 1.00. The van der Waals surface area contributed by atoms with Crippen LogP contribution >= 0.6 is 0 Å². The molecule has 2 fully saturated rings. The minimum Gasteiger partial charge on any atom is -0.330 e. The van der Waals surface area contributed by atoms with E-state index in [2.05, 4.69) is 0 Å². The highest BCUT2D eigenvalue weighted by Gasteiger charge is 2.42. The molecule has 0 aromatic carbocycles. The molecule has 0 aliphatic heterocycles. The monoisotopic (exact) mass is 260 g/mol. The Morgan fingerprint density at radius 2 is 1.71 bits per heavy atom. The molecule has 2 N–H and O–H groups in total. The predicted molar refractivity (Wildman–Crippen MR) is 69.2 cm³/mol. The van der Waals surface area contributed by atoms with Crippen LogP contribution in [-0.4, -0.2) is 37.1 Å². The first-order chi connectivity index (χ1) is 8.16. The molecule has 0 atom stereocenters. The zero-order valence-electron chi connectivity index (χ0n) is 10.5. The molecule has 0 aromatic heterocycles. The molecule has 0 amide bonds. The number of hydrogen-bond donors (Lipinski definition) is 1. The maximum absolute atomic E-state index is 12.4. The molecule has 0 radical (unpaired) electrons. The van der Waals surface area contributed by atoms with Crippen LogP contribution in [0.25, 0.3) is 0 Å². The quantitative estimate of drug-likeness (QED) is 0.786. The SMILES string of the molecule is NCCCN(C1CCCCC1)S(=O)(=O)C1CC1. The fourth-order valence-electron chi connectivity index (χ4n) is 2.69. The van der Waals surface area contributed by atoms with E-state index < -0.39 is 10.0 Å². The molecule has 2 aliphatic rings. The molecule has 2 saturated carbocycles. The molecule has 0 saturated heterocycles. The van der Waals surface area contributed by atoms with Gasteiger partial charge in [-0.25, -0.2) is 8.42 Å². The van der Waals surface area contributed by atoms with Crippen molar-refractivity contribution in [3.8, 4) is 0 Å². The number of sulfonamides is 1. The number of hydrogen-bond acceptors (Lipinski definition) is 3. The van der Waals surface area contributed by atoms with E-state index in [1.54, 1.807) is 4.31 Å². The van der Waals surface area contributed by atoms with Gasteiger partial charge in [-0.3, -0.25) is 0 Å². The number of rotatable bonds is 6. The summed E-state index contributed by atoms with van der Waals surface area (Å²) in [4.78, 5) is 0. The van der Waals surface area contributed by atoms with Crippen molar-refractivity contribution in [2.45, 2.75) is 62.7 Å². The highest BCUT2D eigenvalue weighted by molar-refractivity contribution is 7.90. The van der Waals surface area contributed by atoms with Crippen LogP contribution in [0.5, 0.6) is 0 Å². The van der Waals surface area contributed by atoms with Gasteiger partial charge in [-0.15, -0.1) is 0 Å². The molecule has 2 rings (SSSR count). The third-order valence-electron chi connectivity index (χ3n) is 3.84. The minimum absolute atomic E-state index is 0.0813. The van der Waals surface area contributed by atoms with Crippen molar-refractivity contribution in [2.75, 3.05) is 13.1 Å². The van der Waals surface area contributed by atoms with Crippen molar-refractivity contribution in [1.82, 2.24) is 4.31 Å². The van der Waals surface area contributed by atoms with E-state index in [0.717, 1.165) is 32.1 Å². The third kappa shape index (κ3) is 3.20. The van der Waals surface area contributed by atoms with Crippen molar-refractivity contribution in [2.24, 2.45) is 5.73 Å². The molecule has 0 bridgehead atoms. The second kappa shape index (κ2) is 5.67. The van der Waals surface area contributed by atoms with E-state index in [0.29, 0.717) is 13.1 Å². The van der Waals surface area contributed by atoms with Crippen LogP contribution in [0.1, 0.15) is 51.4 Å². The summed E-state index contributed by atoms with van der Waals surface area (Å²) in [6.45, 7) is 1.20. The minimum atomic E-state index is -3.02. The van der Waals surface area contributed by atoms with Crippen LogP contribution in [0, 0.1) is 0 Å². The Labute approximate surface area is 105 Å². The van der Waals surface area contributed by atoms with E-state index in [1.807, 2.05) is 0 Å². The standard InChI is InChI=1S/C12H24N2O2S/c13-9-4-10-14(11-5-2-1-3-6-11)17(15,16)12-7-8-12/h11-12H,1-10,13H2. The zero-order valence-corrected chi connectivity index (χ0v) is 11.3. The number of nitrogens with two attached hydrogens (primary N) is 1. The summed E-state index contributed by atoms with van der Waals surface area (Å²) in [5.74, 6) is 0. The van der Waals surface area contributed by atoms with Gasteiger partial charge in [0.15, 0.2) is 0 Å². The Morgan fingerprint density at radius 1 is 1.06 bits per heavy atom. The van der Waals surface area contributed by atoms with Gasteiger partial charge in [0.1, 0.15) is 0 Å². The van der Waals surface area contributed by atoms with Gasteiger partial charge in [-0.05, 0) is 38.6 Å². The van der Waals surface area contributed by atoms with Crippen molar-refractivity contribution >= 4 is 10.0 Å². The normalized spacial score (nSPS) is 23.2. The van der Waals surface area contributed by atoms with Gasteiger partial charge >= 0.3 is 0 Å². The summed E-state index contributed by atoms with van der Waals surface area (Å²) < 4.78 is 26.6. The van der Waals surface area contributed by atoms with Crippen LogP contribution < -0.4 is 5.73 Å². The first-order valence-corrected chi connectivity index (χ1v) is 8.37. The highest BCUT2D eigenvalue weighted by Crippen LogP contribution is 2.34. The molecule has 0 heterocycles. The van der Waals surface area contributed by atoms with Crippen LogP contribution in [0.15, 0.2) is 0 Å². The van der Waals surface area contributed by atoms with Crippen molar-refractivity contribution in [1.29, 1.82) is 0 Å². The molecule has 100 valence electrons. The summed E-state index contributed by atoms with van der Waals surface area (Å²) in [6, 6.07) is 0.251. The summed E-state index contributed by atoms with van der Waals surface area (Å²) in [5.41, 5.74) is 5.52. The molecule has 2 aliphatic carbocycles. The topological polar surface area (TPSA) is 63.4 Å². The van der Waals surface area contributed by atoms with Crippen LogP contribution in [0.2, 0.25) is 0 Å². The van der Waals surface area contributed by atoms with Gasteiger partial charge in [0.05, 0.1) is 5.25 Å². The third-order valence-corrected chi connectivity index (χ3v) is 6.29. The van der Waals surface area contributed by atoms with E-state index in [4.69, 9.17) is 5.73 Å². The molecule has 17 heavy (non-hydrogen) atoms. The molecule has 0 unspecified atom stereocenters. The molecular weight excluding hydrogens is 236 g/mol. The second-order valence-corrected chi connectivity index (χ2v) is 7.45. The summed E-state index contributed by atoms with van der Waals surface area (Å²) in [5, 5.41) is -0.0813. The molecule has 0 spiro atoms. The molecular formula is C12H24N2O2S. The summed E-state index contributed by atoms with van der Waals surface area (Å²) in [6.07, 6.45) is 8.16. The van der Waals surface area contributed by atoms with Crippen molar-refractivity contribution in [3.05, 3.63) is 0 Å². The van der Waals surface area contributed by atoms with Gasteiger partial charge < -0.3 is 5.73 Å². The van der Waals surface area contributed by atoms with Gasteiger partial charge in [0.25, 0.3) is 0 Å². The van der Waals surface area contributed by atoms with E-state index in [-0.39, 0.29) is 11.3 Å². The van der Waals surface area contributed by atoms with Crippen LogP contribution in [-0.2, 0) is 10.0 Å². The average molecular weight is 260 g/mol. The summed E-state index contributed by atoms with van der Waals surface area (Å²) >= 11 is 0. The first kappa shape index (κ1) is 13.3. The molecule has 4 nitrogen and oxygen atoms in total. The van der Waals surface area contributed by atoms with E-state index >= 15 is 0 Å². The van der Waals surface area contributed by atoms with Crippen LogP contribution in [0.3, 0.4) is 0 Å². The Bertz CT molecular complexity index is 332. The molecule has 0 aromatic rings.